The van der Waals surface area contributed by atoms with Gasteiger partial charge >= 0.3 is 6.03 Å². The standard InChI is InChI=1S/C17H22N4O4/c1-4-25-13-7-5-12(6-8-13)21-16(23)14(15(22)19-17(21)24)11-18-9-10-20(2)3/h5-8,11,14H,4,9-10H2,1-3H3,(H,19,22,24)/p+1/t14-/m0/s1. The van der Waals surface area contributed by atoms with E-state index in [1.807, 2.05) is 21.0 Å². The molecule has 2 N–H and O–H groups in total. The second-order valence-corrected chi connectivity index (χ2v) is 5.88. The highest BCUT2D eigenvalue weighted by Crippen LogP contribution is 2.23. The summed E-state index contributed by atoms with van der Waals surface area (Å²) in [4.78, 5) is 43.0. The number of rotatable bonds is 7. The molecular formula is C17H23N4O4+. The maximum absolute atomic E-state index is 12.6. The van der Waals surface area contributed by atoms with Crippen molar-refractivity contribution in [3.8, 4) is 5.75 Å². The Bertz CT molecular complexity index is 670. The van der Waals surface area contributed by atoms with Crippen LogP contribution < -0.4 is 19.9 Å². The Kier molecular flexibility index (Phi) is 6.24. The highest BCUT2D eigenvalue weighted by atomic mass is 16.5. The zero-order chi connectivity index (χ0) is 18.4. The lowest BCUT2D eigenvalue weighted by molar-refractivity contribution is -0.856. The number of amides is 4. The lowest BCUT2D eigenvalue weighted by Gasteiger charge is -2.28. The van der Waals surface area contributed by atoms with Gasteiger partial charge in [-0.3, -0.25) is 19.9 Å². The van der Waals surface area contributed by atoms with Gasteiger partial charge in [0.25, 0.3) is 5.91 Å². The van der Waals surface area contributed by atoms with Gasteiger partial charge in [0.1, 0.15) is 5.75 Å². The Hall–Kier alpha value is -2.74. The van der Waals surface area contributed by atoms with Crippen molar-refractivity contribution in [2.24, 2.45) is 10.9 Å². The van der Waals surface area contributed by atoms with Crippen LogP contribution in [0, 0.1) is 5.92 Å². The molecule has 1 fully saturated rings. The van der Waals surface area contributed by atoms with Gasteiger partial charge in [0.15, 0.2) is 5.92 Å². The number of carbonyl (C=O) groups is 3. The molecule has 4 amide bonds. The van der Waals surface area contributed by atoms with Crippen molar-refractivity contribution >= 4 is 29.7 Å². The summed E-state index contributed by atoms with van der Waals surface area (Å²) in [5.74, 6) is -1.74. The summed E-state index contributed by atoms with van der Waals surface area (Å²) >= 11 is 0. The van der Waals surface area contributed by atoms with Crippen LogP contribution in [-0.4, -0.2) is 57.9 Å². The number of aliphatic imine (C=N–C) groups is 1. The molecule has 0 saturated carbocycles. The summed E-state index contributed by atoms with van der Waals surface area (Å²) < 4.78 is 5.34. The van der Waals surface area contributed by atoms with Crippen LogP contribution in [0.25, 0.3) is 0 Å². The second-order valence-electron chi connectivity index (χ2n) is 5.88. The van der Waals surface area contributed by atoms with E-state index in [1.165, 1.54) is 11.1 Å². The van der Waals surface area contributed by atoms with Crippen LogP contribution in [0.2, 0.25) is 0 Å². The fourth-order valence-corrected chi connectivity index (χ4v) is 2.29. The molecule has 0 bridgehead atoms. The molecule has 0 radical (unpaired) electrons. The number of nitrogens with zero attached hydrogens (tertiary/aromatic N) is 2. The van der Waals surface area contributed by atoms with E-state index in [0.29, 0.717) is 24.6 Å². The number of quaternary nitrogens is 1. The van der Waals surface area contributed by atoms with Gasteiger partial charge in [0, 0.05) is 6.21 Å². The van der Waals surface area contributed by atoms with Crippen LogP contribution in [0.3, 0.4) is 0 Å². The number of benzene rings is 1. The zero-order valence-corrected chi connectivity index (χ0v) is 14.6. The van der Waals surface area contributed by atoms with Gasteiger partial charge in [-0.1, -0.05) is 0 Å². The molecule has 1 saturated heterocycles. The molecule has 1 aromatic rings. The lowest BCUT2D eigenvalue weighted by Crippen LogP contribution is -3.06. The van der Waals surface area contributed by atoms with E-state index in [4.69, 9.17) is 4.74 Å². The Balaban J connectivity index is 2.16. The molecule has 0 aromatic heterocycles. The summed E-state index contributed by atoms with van der Waals surface area (Å²) in [6.45, 7) is 3.66. The number of hydrogen-bond donors (Lipinski definition) is 2. The van der Waals surface area contributed by atoms with Crippen molar-refractivity contribution < 1.29 is 24.0 Å². The first-order valence-corrected chi connectivity index (χ1v) is 8.14. The number of urea groups is 1. The molecule has 1 aliphatic rings. The zero-order valence-electron chi connectivity index (χ0n) is 14.6. The van der Waals surface area contributed by atoms with Crippen molar-refractivity contribution in [3.05, 3.63) is 24.3 Å². The molecule has 134 valence electrons. The number of nitrogens with one attached hydrogen (secondary N) is 2. The summed E-state index contributed by atoms with van der Waals surface area (Å²) in [6, 6.07) is 5.77. The first-order chi connectivity index (χ1) is 11.9. The largest absolute Gasteiger partial charge is 0.494 e. The predicted molar refractivity (Wildman–Crippen MR) is 93.2 cm³/mol. The predicted octanol–water partition coefficient (Wildman–Crippen LogP) is -0.500. The molecule has 25 heavy (non-hydrogen) atoms. The van der Waals surface area contributed by atoms with Crippen LogP contribution in [0.15, 0.2) is 29.3 Å². The third-order valence-electron chi connectivity index (χ3n) is 3.60. The minimum Gasteiger partial charge on any atom is -0.494 e. The molecule has 8 heteroatoms. The highest BCUT2D eigenvalue weighted by Gasteiger charge is 2.40. The third-order valence-corrected chi connectivity index (χ3v) is 3.60. The van der Waals surface area contributed by atoms with Crippen molar-refractivity contribution in [1.82, 2.24) is 5.32 Å². The van der Waals surface area contributed by atoms with E-state index < -0.39 is 23.8 Å². The number of imide groups is 2. The lowest BCUT2D eigenvalue weighted by atomic mass is 10.1. The fraction of sp³-hybridized carbons (Fsp3) is 0.412. The number of hydrogen-bond acceptors (Lipinski definition) is 5. The first kappa shape index (κ1) is 18.6. The first-order valence-electron chi connectivity index (χ1n) is 8.14. The summed E-state index contributed by atoms with van der Waals surface area (Å²) in [7, 11) is 3.97. The quantitative estimate of drug-likeness (QED) is 0.514. The maximum atomic E-state index is 12.6. The van der Waals surface area contributed by atoms with Gasteiger partial charge in [0.05, 0.1) is 39.5 Å². The SMILES string of the molecule is CCOc1ccc(N2C(=O)NC(=O)[C@H](C=NCC[NH+](C)C)C2=O)cc1. The van der Waals surface area contributed by atoms with Crippen LogP contribution in [0.4, 0.5) is 10.5 Å². The molecule has 1 aliphatic heterocycles. The number of barbiturate groups is 1. The van der Waals surface area contributed by atoms with Crippen LogP contribution in [-0.2, 0) is 9.59 Å². The normalized spacial score (nSPS) is 18.2. The molecule has 1 atom stereocenters. The van der Waals surface area contributed by atoms with E-state index in [1.54, 1.807) is 24.3 Å². The van der Waals surface area contributed by atoms with Crippen LogP contribution in [0.1, 0.15) is 6.92 Å². The van der Waals surface area contributed by atoms with Gasteiger partial charge in [-0.25, -0.2) is 9.69 Å². The summed E-state index contributed by atoms with van der Waals surface area (Å²) in [6.07, 6.45) is 1.31. The van der Waals surface area contributed by atoms with E-state index >= 15 is 0 Å². The van der Waals surface area contributed by atoms with Gasteiger partial charge in [-0.05, 0) is 31.2 Å². The van der Waals surface area contributed by atoms with Crippen molar-refractivity contribution in [1.29, 1.82) is 0 Å². The van der Waals surface area contributed by atoms with E-state index in [9.17, 15) is 14.4 Å². The molecule has 1 aromatic carbocycles. The Morgan fingerprint density at radius 3 is 2.52 bits per heavy atom. The minimum atomic E-state index is -1.11. The van der Waals surface area contributed by atoms with Gasteiger partial charge in [0.2, 0.25) is 5.91 Å². The Morgan fingerprint density at radius 1 is 1.24 bits per heavy atom. The molecule has 8 nitrogen and oxygen atoms in total. The maximum Gasteiger partial charge on any atom is 0.335 e. The summed E-state index contributed by atoms with van der Waals surface area (Å²) in [5.41, 5.74) is 0.370. The van der Waals surface area contributed by atoms with Gasteiger partial charge in [-0.15, -0.1) is 0 Å². The number of carbonyl (C=O) groups excluding carboxylic acids is 3. The van der Waals surface area contributed by atoms with Crippen molar-refractivity contribution in [2.75, 3.05) is 38.7 Å². The smallest absolute Gasteiger partial charge is 0.335 e. The molecule has 0 aliphatic carbocycles. The number of likely N-dealkylation sites (N-methyl/N-ethyl adjacent to an activating group) is 1. The fourth-order valence-electron chi connectivity index (χ4n) is 2.29. The number of ether oxygens (including phenoxy) is 1. The average Bonchev–Trinajstić information content (AvgIpc) is 2.55. The molecule has 1 heterocycles. The minimum absolute atomic E-state index is 0.370. The molecular weight excluding hydrogens is 324 g/mol. The molecule has 0 unspecified atom stereocenters. The van der Waals surface area contributed by atoms with Crippen LogP contribution >= 0.6 is 0 Å². The van der Waals surface area contributed by atoms with Crippen LogP contribution in [0.5, 0.6) is 5.75 Å². The third kappa shape index (κ3) is 4.63. The monoisotopic (exact) mass is 347 g/mol. The molecule has 0 spiro atoms. The van der Waals surface area contributed by atoms with Crippen molar-refractivity contribution in [2.45, 2.75) is 6.92 Å². The Labute approximate surface area is 146 Å². The summed E-state index contributed by atoms with van der Waals surface area (Å²) in [5, 5.41) is 2.20. The second kappa shape index (κ2) is 8.39. The van der Waals surface area contributed by atoms with E-state index in [0.717, 1.165) is 11.4 Å². The topological polar surface area (TPSA) is 92.5 Å². The van der Waals surface area contributed by atoms with Gasteiger partial charge < -0.3 is 9.64 Å². The highest BCUT2D eigenvalue weighted by molar-refractivity contribution is 6.32. The van der Waals surface area contributed by atoms with Crippen molar-refractivity contribution in [3.63, 3.8) is 0 Å². The van der Waals surface area contributed by atoms with E-state index in [2.05, 4.69) is 10.3 Å². The average molecular weight is 347 g/mol. The number of anilines is 1. The Morgan fingerprint density at radius 2 is 1.92 bits per heavy atom. The van der Waals surface area contributed by atoms with Gasteiger partial charge in [-0.2, -0.15) is 0 Å². The van der Waals surface area contributed by atoms with E-state index in [-0.39, 0.29) is 0 Å². The molecule has 2 rings (SSSR count).